The van der Waals surface area contributed by atoms with Crippen LogP contribution in [0.2, 0.25) is 0 Å². The molecule has 0 aromatic heterocycles. The van der Waals surface area contributed by atoms with Crippen LogP contribution in [-0.4, -0.2) is 18.1 Å². The summed E-state index contributed by atoms with van der Waals surface area (Å²) in [6.07, 6.45) is 2.99. The number of rotatable bonds is 6. The third-order valence-electron chi connectivity index (χ3n) is 3.16. The van der Waals surface area contributed by atoms with E-state index >= 15 is 0 Å². The third kappa shape index (κ3) is 6.15. The molecular formula is C18H19N3O3S. The minimum atomic E-state index is -0.379. The molecule has 0 aliphatic carbocycles. The van der Waals surface area contributed by atoms with Gasteiger partial charge >= 0.3 is 0 Å². The summed E-state index contributed by atoms with van der Waals surface area (Å²) in [4.78, 5) is 11.6. The highest BCUT2D eigenvalue weighted by atomic mass is 32.1. The molecular weight excluding hydrogens is 338 g/mol. The van der Waals surface area contributed by atoms with Crippen molar-refractivity contribution >= 4 is 29.3 Å². The van der Waals surface area contributed by atoms with E-state index in [9.17, 15) is 4.79 Å². The first-order chi connectivity index (χ1) is 12.1. The number of benzene rings is 2. The average Bonchev–Trinajstić information content (AvgIpc) is 2.64. The van der Waals surface area contributed by atoms with Crippen LogP contribution < -0.4 is 26.1 Å². The van der Waals surface area contributed by atoms with Gasteiger partial charge in [0.05, 0.1) is 7.11 Å². The van der Waals surface area contributed by atoms with Gasteiger partial charge in [-0.15, -0.1) is 0 Å². The fraction of sp³-hybridized carbons (Fsp3) is 0.111. The molecule has 2 aromatic rings. The standard InChI is InChI=1S/C18H19N3O3S/c1-23-16-11-13(8-10-17(22)20-21-18(19)25)7-9-15(16)24-12-14-5-3-2-4-6-14/h2-11H,12H2,1H3,(H,20,22)(H3,19,21,25)/b10-8+. The first-order valence-corrected chi connectivity index (χ1v) is 7.87. The van der Waals surface area contributed by atoms with Crippen molar-refractivity contribution in [1.29, 1.82) is 0 Å². The highest BCUT2D eigenvalue weighted by Gasteiger charge is 2.05. The van der Waals surface area contributed by atoms with Crippen LogP contribution >= 0.6 is 12.2 Å². The molecule has 0 unspecified atom stereocenters. The summed E-state index contributed by atoms with van der Waals surface area (Å²) >= 11 is 4.60. The number of nitrogens with one attached hydrogen (secondary N) is 2. The molecule has 1 amide bonds. The van der Waals surface area contributed by atoms with Crippen molar-refractivity contribution in [2.24, 2.45) is 5.73 Å². The number of nitrogens with two attached hydrogens (primary N) is 1. The lowest BCUT2D eigenvalue weighted by Crippen LogP contribution is -2.43. The van der Waals surface area contributed by atoms with E-state index < -0.39 is 0 Å². The van der Waals surface area contributed by atoms with Crippen molar-refractivity contribution in [2.45, 2.75) is 6.61 Å². The lowest BCUT2D eigenvalue weighted by molar-refractivity contribution is -0.116. The van der Waals surface area contributed by atoms with E-state index in [2.05, 4.69) is 23.1 Å². The zero-order valence-electron chi connectivity index (χ0n) is 13.7. The summed E-state index contributed by atoms with van der Waals surface area (Å²) in [6.45, 7) is 0.444. The topological polar surface area (TPSA) is 85.6 Å². The van der Waals surface area contributed by atoms with E-state index in [-0.39, 0.29) is 11.0 Å². The maximum Gasteiger partial charge on any atom is 0.262 e. The molecule has 0 heterocycles. The van der Waals surface area contributed by atoms with E-state index in [1.807, 2.05) is 36.4 Å². The van der Waals surface area contributed by atoms with Crippen LogP contribution in [0.25, 0.3) is 6.08 Å². The van der Waals surface area contributed by atoms with Crippen LogP contribution in [0.4, 0.5) is 0 Å². The van der Waals surface area contributed by atoms with Crippen molar-refractivity contribution in [3.05, 3.63) is 65.7 Å². The minimum Gasteiger partial charge on any atom is -0.493 e. The Labute approximate surface area is 151 Å². The normalized spacial score (nSPS) is 10.3. The summed E-state index contributed by atoms with van der Waals surface area (Å²) in [5.74, 6) is 0.832. The number of hydrogen-bond acceptors (Lipinski definition) is 4. The molecule has 7 heteroatoms. The van der Waals surface area contributed by atoms with Gasteiger partial charge in [0.15, 0.2) is 16.6 Å². The van der Waals surface area contributed by atoms with Gasteiger partial charge in [0.2, 0.25) is 0 Å². The molecule has 0 aliphatic heterocycles. The van der Waals surface area contributed by atoms with Gasteiger partial charge in [0, 0.05) is 6.08 Å². The Morgan fingerprint density at radius 1 is 1.16 bits per heavy atom. The Morgan fingerprint density at radius 2 is 1.92 bits per heavy atom. The van der Waals surface area contributed by atoms with Gasteiger partial charge in [-0.1, -0.05) is 36.4 Å². The first kappa shape index (κ1) is 18.3. The van der Waals surface area contributed by atoms with E-state index in [1.54, 1.807) is 25.3 Å². The molecule has 6 nitrogen and oxygen atoms in total. The lowest BCUT2D eigenvalue weighted by atomic mass is 10.2. The van der Waals surface area contributed by atoms with Gasteiger partial charge < -0.3 is 15.2 Å². The highest BCUT2D eigenvalue weighted by molar-refractivity contribution is 7.80. The smallest absolute Gasteiger partial charge is 0.262 e. The number of carbonyl (C=O) groups excluding carboxylic acids is 1. The largest absolute Gasteiger partial charge is 0.493 e. The average molecular weight is 357 g/mol. The Bertz CT molecular complexity index is 763. The van der Waals surface area contributed by atoms with Gasteiger partial charge in [0.1, 0.15) is 6.61 Å². The lowest BCUT2D eigenvalue weighted by Gasteiger charge is -2.11. The van der Waals surface area contributed by atoms with Crippen molar-refractivity contribution < 1.29 is 14.3 Å². The molecule has 0 radical (unpaired) electrons. The number of amides is 1. The van der Waals surface area contributed by atoms with Gasteiger partial charge in [-0.3, -0.25) is 15.6 Å². The number of carbonyl (C=O) groups is 1. The van der Waals surface area contributed by atoms with E-state index in [1.165, 1.54) is 6.08 Å². The zero-order chi connectivity index (χ0) is 18.1. The molecule has 0 aliphatic rings. The molecule has 0 saturated heterocycles. The van der Waals surface area contributed by atoms with E-state index in [4.69, 9.17) is 15.2 Å². The predicted molar refractivity (Wildman–Crippen MR) is 101 cm³/mol. The van der Waals surface area contributed by atoms with E-state index in [0.717, 1.165) is 11.1 Å². The zero-order valence-corrected chi connectivity index (χ0v) is 14.5. The highest BCUT2D eigenvalue weighted by Crippen LogP contribution is 2.29. The Morgan fingerprint density at radius 3 is 2.60 bits per heavy atom. The number of methoxy groups -OCH3 is 1. The van der Waals surface area contributed by atoms with Gasteiger partial charge in [-0.05, 0) is 41.6 Å². The van der Waals surface area contributed by atoms with Crippen molar-refractivity contribution in [1.82, 2.24) is 10.9 Å². The fourth-order valence-electron chi connectivity index (χ4n) is 1.98. The van der Waals surface area contributed by atoms with Crippen molar-refractivity contribution in [3.63, 3.8) is 0 Å². The summed E-state index contributed by atoms with van der Waals surface area (Å²) in [6, 6.07) is 15.3. The minimum absolute atomic E-state index is 0.0108. The van der Waals surface area contributed by atoms with Gasteiger partial charge in [0.25, 0.3) is 5.91 Å². The Hall–Kier alpha value is -3.06. The molecule has 25 heavy (non-hydrogen) atoms. The summed E-state index contributed by atoms with van der Waals surface area (Å²) in [5, 5.41) is -0.0108. The second-order valence-corrected chi connectivity index (χ2v) is 5.44. The molecule has 0 atom stereocenters. The number of hydrazine groups is 1. The molecule has 4 N–H and O–H groups in total. The molecule has 0 spiro atoms. The molecule has 0 saturated carbocycles. The maximum absolute atomic E-state index is 11.6. The molecule has 2 aromatic carbocycles. The SMILES string of the molecule is COc1cc(/C=C/C(=O)NNC(N)=S)ccc1OCc1ccccc1. The van der Waals surface area contributed by atoms with Crippen molar-refractivity contribution in [3.8, 4) is 11.5 Å². The van der Waals surface area contributed by atoms with Crippen LogP contribution in [0.15, 0.2) is 54.6 Å². The monoisotopic (exact) mass is 357 g/mol. The molecule has 0 bridgehead atoms. The van der Waals surface area contributed by atoms with E-state index in [0.29, 0.717) is 18.1 Å². The fourth-order valence-corrected chi connectivity index (χ4v) is 2.03. The Kier molecular flexibility index (Phi) is 6.79. The molecule has 2 rings (SSSR count). The first-order valence-electron chi connectivity index (χ1n) is 7.47. The molecule has 130 valence electrons. The second-order valence-electron chi connectivity index (χ2n) is 5.00. The van der Waals surface area contributed by atoms with Crippen LogP contribution in [0.1, 0.15) is 11.1 Å². The summed E-state index contributed by atoms with van der Waals surface area (Å²) < 4.78 is 11.1. The number of hydrogen-bond donors (Lipinski definition) is 3. The van der Waals surface area contributed by atoms with Crippen LogP contribution in [-0.2, 0) is 11.4 Å². The van der Waals surface area contributed by atoms with Crippen LogP contribution in [0, 0.1) is 0 Å². The Balaban J connectivity index is 2.00. The number of thiocarbonyl (C=S) groups is 1. The third-order valence-corrected chi connectivity index (χ3v) is 3.26. The van der Waals surface area contributed by atoms with Crippen LogP contribution in [0.5, 0.6) is 11.5 Å². The predicted octanol–water partition coefficient (Wildman–Crippen LogP) is 2.15. The quantitative estimate of drug-likeness (QED) is 0.417. The maximum atomic E-state index is 11.6. The molecule has 0 fully saturated rings. The second kappa shape index (κ2) is 9.29. The summed E-state index contributed by atoms with van der Waals surface area (Å²) in [7, 11) is 1.57. The van der Waals surface area contributed by atoms with Crippen LogP contribution in [0.3, 0.4) is 0 Å². The van der Waals surface area contributed by atoms with Gasteiger partial charge in [-0.25, -0.2) is 0 Å². The summed E-state index contributed by atoms with van der Waals surface area (Å²) in [5.41, 5.74) is 11.8. The van der Waals surface area contributed by atoms with Gasteiger partial charge in [-0.2, -0.15) is 0 Å². The number of ether oxygens (including phenoxy) is 2. The van der Waals surface area contributed by atoms with Crippen molar-refractivity contribution in [2.75, 3.05) is 7.11 Å².